The maximum Gasteiger partial charge on any atom is 0.242 e. The first-order valence-corrected chi connectivity index (χ1v) is 9.39. The number of rotatable bonds is 3. The number of hydrogen-bond acceptors (Lipinski definition) is 4. The van der Waals surface area contributed by atoms with Gasteiger partial charge in [0.15, 0.2) is 0 Å². The summed E-state index contributed by atoms with van der Waals surface area (Å²) in [5, 5.41) is 3.50. The van der Waals surface area contributed by atoms with Crippen LogP contribution in [0.15, 0.2) is 24.3 Å². The highest BCUT2D eigenvalue weighted by Gasteiger charge is 2.39. The van der Waals surface area contributed by atoms with E-state index in [1.54, 1.807) is 12.1 Å². The van der Waals surface area contributed by atoms with Crippen LogP contribution in [0.25, 0.3) is 0 Å². The van der Waals surface area contributed by atoms with Gasteiger partial charge in [0.05, 0.1) is 6.10 Å². The zero-order chi connectivity index (χ0) is 17.2. The molecule has 3 aliphatic rings. The van der Waals surface area contributed by atoms with E-state index in [1.165, 1.54) is 18.9 Å². The smallest absolute Gasteiger partial charge is 0.242 e. The Bertz CT molecular complexity index is 620. The van der Waals surface area contributed by atoms with Crippen LogP contribution in [0.2, 0.25) is 0 Å². The summed E-state index contributed by atoms with van der Waals surface area (Å²) in [5.74, 6) is 0.117. The Hall–Kier alpha value is -1.50. The van der Waals surface area contributed by atoms with Crippen LogP contribution in [0.4, 0.5) is 4.39 Å². The van der Waals surface area contributed by atoms with Gasteiger partial charge in [0.2, 0.25) is 5.91 Å². The standard InChI is InChI=1S/C19H26FN3O2/c20-15-5-3-4-13(10-15)14-7-9-23(12-14)19(24)17-11-18(25-22-17)16-6-1-2-8-21-16/h3-5,10,14,16-18,21-22H,1-2,6-9,11-12H2. The van der Waals surface area contributed by atoms with Crippen molar-refractivity contribution >= 4 is 5.91 Å². The lowest BCUT2D eigenvalue weighted by Gasteiger charge is -2.27. The first-order chi connectivity index (χ1) is 12.2. The maximum absolute atomic E-state index is 13.4. The van der Waals surface area contributed by atoms with Crippen molar-refractivity contribution in [3.05, 3.63) is 35.6 Å². The van der Waals surface area contributed by atoms with E-state index in [9.17, 15) is 9.18 Å². The average Bonchev–Trinajstić information content (AvgIpc) is 3.32. The Labute approximate surface area is 147 Å². The van der Waals surface area contributed by atoms with Crippen molar-refractivity contribution in [1.29, 1.82) is 0 Å². The molecular formula is C19H26FN3O2. The highest BCUT2D eigenvalue weighted by atomic mass is 19.1. The Morgan fingerprint density at radius 2 is 2.20 bits per heavy atom. The van der Waals surface area contributed by atoms with E-state index in [0.29, 0.717) is 12.6 Å². The van der Waals surface area contributed by atoms with Crippen molar-refractivity contribution in [3.63, 3.8) is 0 Å². The van der Waals surface area contributed by atoms with Gasteiger partial charge >= 0.3 is 0 Å². The van der Waals surface area contributed by atoms with Gasteiger partial charge in [0.25, 0.3) is 0 Å². The summed E-state index contributed by atoms with van der Waals surface area (Å²) in [4.78, 5) is 20.4. The summed E-state index contributed by atoms with van der Waals surface area (Å²) in [5.41, 5.74) is 3.93. The molecule has 0 spiro atoms. The first-order valence-electron chi connectivity index (χ1n) is 9.39. The number of nitrogens with zero attached hydrogens (tertiary/aromatic N) is 1. The molecule has 0 bridgehead atoms. The Morgan fingerprint density at radius 1 is 1.28 bits per heavy atom. The number of amides is 1. The SMILES string of the molecule is O=C(C1CC(C2CCCCN2)ON1)N1CCC(c2cccc(F)c2)C1. The normalized spacial score (nSPS) is 32.9. The van der Waals surface area contributed by atoms with Gasteiger partial charge in [-0.15, -0.1) is 0 Å². The van der Waals surface area contributed by atoms with Crippen molar-refractivity contribution in [2.75, 3.05) is 19.6 Å². The molecule has 1 amide bonds. The Kier molecular flexibility index (Phi) is 5.01. The molecule has 4 rings (SSSR count). The van der Waals surface area contributed by atoms with Crippen molar-refractivity contribution < 1.29 is 14.0 Å². The van der Waals surface area contributed by atoms with Crippen LogP contribution < -0.4 is 10.8 Å². The minimum atomic E-state index is -0.264. The topological polar surface area (TPSA) is 53.6 Å². The van der Waals surface area contributed by atoms with Gasteiger partial charge in [0, 0.05) is 31.5 Å². The number of benzene rings is 1. The molecule has 0 saturated carbocycles. The lowest BCUT2D eigenvalue weighted by molar-refractivity contribution is -0.133. The second kappa shape index (κ2) is 7.40. The molecule has 0 radical (unpaired) electrons. The van der Waals surface area contributed by atoms with Gasteiger partial charge in [0.1, 0.15) is 11.9 Å². The van der Waals surface area contributed by atoms with Crippen LogP contribution in [0.5, 0.6) is 0 Å². The van der Waals surface area contributed by atoms with Crippen LogP contribution in [0.1, 0.15) is 43.6 Å². The molecule has 2 N–H and O–H groups in total. The number of hydroxylamine groups is 1. The highest BCUT2D eigenvalue weighted by Crippen LogP contribution is 2.29. The number of nitrogens with one attached hydrogen (secondary N) is 2. The average molecular weight is 347 g/mol. The predicted octanol–water partition coefficient (Wildman–Crippen LogP) is 1.95. The summed E-state index contributed by atoms with van der Waals surface area (Å²) in [7, 11) is 0. The summed E-state index contributed by atoms with van der Waals surface area (Å²) in [6, 6.07) is 6.81. The molecule has 3 aliphatic heterocycles. The molecule has 0 aromatic heterocycles. The summed E-state index contributed by atoms with van der Waals surface area (Å²) in [6.45, 7) is 2.42. The summed E-state index contributed by atoms with van der Waals surface area (Å²) >= 11 is 0. The quantitative estimate of drug-likeness (QED) is 0.878. The van der Waals surface area contributed by atoms with Crippen LogP contribution in [0.3, 0.4) is 0 Å². The highest BCUT2D eigenvalue weighted by molar-refractivity contribution is 5.82. The molecule has 4 atom stereocenters. The molecule has 3 saturated heterocycles. The van der Waals surface area contributed by atoms with Gasteiger partial charge < -0.3 is 10.2 Å². The maximum atomic E-state index is 13.4. The molecule has 25 heavy (non-hydrogen) atoms. The van der Waals surface area contributed by atoms with E-state index >= 15 is 0 Å². The molecule has 0 aliphatic carbocycles. The van der Waals surface area contributed by atoms with Gasteiger partial charge in [-0.1, -0.05) is 18.6 Å². The third-order valence-electron chi connectivity index (χ3n) is 5.74. The number of piperidine rings is 1. The first kappa shape index (κ1) is 16.9. The second-order valence-electron chi connectivity index (χ2n) is 7.44. The molecule has 6 heteroatoms. The van der Waals surface area contributed by atoms with E-state index in [-0.39, 0.29) is 29.8 Å². The fraction of sp³-hybridized carbons (Fsp3) is 0.632. The Morgan fingerprint density at radius 3 is 3.00 bits per heavy atom. The molecule has 3 fully saturated rings. The van der Waals surface area contributed by atoms with Gasteiger partial charge in [-0.3, -0.25) is 9.63 Å². The van der Waals surface area contributed by atoms with Gasteiger partial charge in [-0.25, -0.2) is 4.39 Å². The number of carbonyl (C=O) groups excluding carboxylic acids is 1. The molecule has 136 valence electrons. The van der Waals surface area contributed by atoms with Crippen LogP contribution in [0, 0.1) is 5.82 Å². The number of hydrogen-bond donors (Lipinski definition) is 2. The zero-order valence-electron chi connectivity index (χ0n) is 14.4. The lowest BCUT2D eigenvalue weighted by Crippen LogP contribution is -2.43. The molecule has 3 heterocycles. The number of halogens is 1. The van der Waals surface area contributed by atoms with Crippen molar-refractivity contribution in [3.8, 4) is 0 Å². The predicted molar refractivity (Wildman–Crippen MR) is 92.4 cm³/mol. The minimum absolute atomic E-state index is 0.0656. The zero-order valence-corrected chi connectivity index (χ0v) is 14.4. The summed E-state index contributed by atoms with van der Waals surface area (Å²) < 4.78 is 13.4. The fourth-order valence-corrected chi connectivity index (χ4v) is 4.31. The molecular weight excluding hydrogens is 321 g/mol. The van der Waals surface area contributed by atoms with Crippen molar-refractivity contribution in [2.24, 2.45) is 0 Å². The van der Waals surface area contributed by atoms with Crippen molar-refractivity contribution in [1.82, 2.24) is 15.7 Å². The van der Waals surface area contributed by atoms with E-state index in [0.717, 1.165) is 37.9 Å². The van der Waals surface area contributed by atoms with Crippen molar-refractivity contribution in [2.45, 2.75) is 56.2 Å². The lowest BCUT2D eigenvalue weighted by atomic mass is 9.96. The van der Waals surface area contributed by atoms with E-state index in [2.05, 4.69) is 10.8 Å². The van der Waals surface area contributed by atoms with E-state index in [4.69, 9.17) is 4.84 Å². The van der Waals surface area contributed by atoms with Crippen LogP contribution in [-0.2, 0) is 9.63 Å². The molecule has 5 nitrogen and oxygen atoms in total. The van der Waals surface area contributed by atoms with Gasteiger partial charge in [-0.2, -0.15) is 5.48 Å². The monoisotopic (exact) mass is 347 g/mol. The Balaban J connectivity index is 1.33. The van der Waals surface area contributed by atoms with E-state index in [1.807, 2.05) is 11.0 Å². The summed E-state index contributed by atoms with van der Waals surface area (Å²) in [6.07, 6.45) is 5.22. The van der Waals surface area contributed by atoms with Crippen LogP contribution in [-0.4, -0.2) is 48.6 Å². The molecule has 1 aromatic rings. The fourth-order valence-electron chi connectivity index (χ4n) is 4.31. The molecule has 1 aromatic carbocycles. The van der Waals surface area contributed by atoms with Gasteiger partial charge in [-0.05, 0) is 43.5 Å². The number of likely N-dealkylation sites (tertiary alicyclic amines) is 1. The largest absolute Gasteiger partial charge is 0.341 e. The van der Waals surface area contributed by atoms with Crippen LogP contribution >= 0.6 is 0 Å². The number of carbonyl (C=O) groups is 1. The minimum Gasteiger partial charge on any atom is -0.341 e. The van der Waals surface area contributed by atoms with E-state index < -0.39 is 0 Å². The third-order valence-corrected chi connectivity index (χ3v) is 5.74. The second-order valence-corrected chi connectivity index (χ2v) is 7.44. The third kappa shape index (κ3) is 3.71. The molecule has 4 unspecified atom stereocenters.